The van der Waals surface area contributed by atoms with Crippen molar-refractivity contribution in [2.75, 3.05) is 13.2 Å². The van der Waals surface area contributed by atoms with Gasteiger partial charge in [-0.3, -0.25) is 0 Å². The Hall–Kier alpha value is -2.18. The normalized spacial score (nSPS) is 9.85. The fraction of sp³-hybridized carbons (Fsp3) is 0.188. The zero-order valence-electron chi connectivity index (χ0n) is 11.1. The van der Waals surface area contributed by atoms with Crippen LogP contribution in [0.15, 0.2) is 42.5 Å². The molecule has 0 bridgehead atoms. The average molecular weight is 288 g/mol. The van der Waals surface area contributed by atoms with E-state index in [1.807, 2.05) is 31.2 Å². The van der Waals surface area contributed by atoms with Gasteiger partial charge in [0.05, 0.1) is 5.56 Å². The van der Waals surface area contributed by atoms with E-state index < -0.39 is 0 Å². The molecule has 0 spiro atoms. The fourth-order valence-corrected chi connectivity index (χ4v) is 1.83. The lowest BCUT2D eigenvalue weighted by Gasteiger charge is -2.09. The van der Waals surface area contributed by atoms with Crippen LogP contribution in [0.5, 0.6) is 11.5 Å². The minimum absolute atomic E-state index is 0.365. The van der Waals surface area contributed by atoms with Gasteiger partial charge in [0, 0.05) is 5.02 Å². The smallest absolute Gasteiger partial charge is 0.137 e. The monoisotopic (exact) mass is 287 g/mol. The molecule has 3 nitrogen and oxygen atoms in total. The van der Waals surface area contributed by atoms with Gasteiger partial charge in [0.15, 0.2) is 0 Å². The minimum Gasteiger partial charge on any atom is -0.490 e. The van der Waals surface area contributed by atoms with Gasteiger partial charge >= 0.3 is 0 Å². The number of nitriles is 1. The maximum Gasteiger partial charge on any atom is 0.137 e. The van der Waals surface area contributed by atoms with Crippen LogP contribution in [-0.2, 0) is 0 Å². The Bertz CT molecular complexity index is 617. The Morgan fingerprint density at radius 1 is 1.05 bits per heavy atom. The number of hydrogen-bond acceptors (Lipinski definition) is 3. The molecule has 0 fully saturated rings. The predicted molar refractivity (Wildman–Crippen MR) is 78.3 cm³/mol. The molecule has 0 unspecified atom stereocenters. The second-order valence-electron chi connectivity index (χ2n) is 4.26. The molecule has 20 heavy (non-hydrogen) atoms. The Kier molecular flexibility index (Phi) is 4.86. The van der Waals surface area contributed by atoms with Crippen LogP contribution in [0, 0.1) is 18.3 Å². The van der Waals surface area contributed by atoms with Crippen molar-refractivity contribution < 1.29 is 9.47 Å². The topological polar surface area (TPSA) is 42.2 Å². The number of halogens is 1. The van der Waals surface area contributed by atoms with Crippen LogP contribution in [0.3, 0.4) is 0 Å². The highest BCUT2D eigenvalue weighted by Gasteiger charge is 2.04. The van der Waals surface area contributed by atoms with Crippen molar-refractivity contribution in [3.63, 3.8) is 0 Å². The van der Waals surface area contributed by atoms with Crippen molar-refractivity contribution in [2.45, 2.75) is 6.92 Å². The Balaban J connectivity index is 1.84. The number of hydrogen-bond donors (Lipinski definition) is 0. The number of benzene rings is 2. The summed E-state index contributed by atoms with van der Waals surface area (Å²) in [6, 6.07) is 14.8. The van der Waals surface area contributed by atoms with Gasteiger partial charge in [-0.15, -0.1) is 0 Å². The van der Waals surface area contributed by atoms with Crippen molar-refractivity contribution in [2.24, 2.45) is 0 Å². The zero-order valence-corrected chi connectivity index (χ0v) is 11.9. The molecule has 2 aromatic carbocycles. The molecule has 4 heteroatoms. The van der Waals surface area contributed by atoms with Gasteiger partial charge in [-0.1, -0.05) is 29.3 Å². The lowest BCUT2D eigenvalue weighted by atomic mass is 10.2. The minimum atomic E-state index is 0.365. The van der Waals surface area contributed by atoms with E-state index in [0.29, 0.717) is 29.5 Å². The Morgan fingerprint density at radius 2 is 1.75 bits per heavy atom. The summed E-state index contributed by atoms with van der Waals surface area (Å²) in [5, 5.41) is 9.50. The van der Waals surface area contributed by atoms with Crippen LogP contribution in [-0.4, -0.2) is 13.2 Å². The summed E-state index contributed by atoms with van der Waals surface area (Å²) in [6.07, 6.45) is 0. The first-order chi connectivity index (χ1) is 9.69. The number of rotatable bonds is 5. The molecule has 0 aliphatic rings. The molecule has 2 aromatic rings. The average Bonchev–Trinajstić information content (AvgIpc) is 2.46. The molecule has 0 radical (unpaired) electrons. The van der Waals surface area contributed by atoms with E-state index in [-0.39, 0.29) is 0 Å². The van der Waals surface area contributed by atoms with Gasteiger partial charge in [-0.25, -0.2) is 0 Å². The van der Waals surface area contributed by atoms with Gasteiger partial charge in [0.1, 0.15) is 30.8 Å². The number of ether oxygens (including phenoxy) is 2. The molecule has 0 saturated heterocycles. The molecule has 0 heterocycles. The van der Waals surface area contributed by atoms with E-state index in [2.05, 4.69) is 6.07 Å². The van der Waals surface area contributed by atoms with Crippen molar-refractivity contribution in [1.29, 1.82) is 5.26 Å². The highest BCUT2D eigenvalue weighted by Crippen LogP contribution is 2.22. The van der Waals surface area contributed by atoms with E-state index >= 15 is 0 Å². The number of nitrogens with zero attached hydrogens (tertiary/aromatic N) is 1. The molecule has 2 rings (SSSR count). The molecule has 0 amide bonds. The van der Waals surface area contributed by atoms with Crippen LogP contribution in [0.4, 0.5) is 0 Å². The molecule has 0 saturated carbocycles. The number of aryl methyl sites for hydroxylation is 1. The maximum atomic E-state index is 8.98. The first-order valence-electron chi connectivity index (χ1n) is 6.21. The van der Waals surface area contributed by atoms with Crippen LogP contribution in [0.25, 0.3) is 0 Å². The van der Waals surface area contributed by atoms with Gasteiger partial charge in [-0.05, 0) is 37.3 Å². The summed E-state index contributed by atoms with van der Waals surface area (Å²) >= 11 is 5.82. The highest BCUT2D eigenvalue weighted by molar-refractivity contribution is 6.30. The summed E-state index contributed by atoms with van der Waals surface area (Å²) in [5.41, 5.74) is 1.61. The summed E-state index contributed by atoms with van der Waals surface area (Å²) in [4.78, 5) is 0. The first-order valence-corrected chi connectivity index (χ1v) is 6.59. The van der Waals surface area contributed by atoms with Gasteiger partial charge < -0.3 is 9.47 Å². The predicted octanol–water partition coefficient (Wildman–Crippen LogP) is 3.98. The van der Waals surface area contributed by atoms with Gasteiger partial charge in [-0.2, -0.15) is 5.26 Å². The maximum absolute atomic E-state index is 8.98. The van der Waals surface area contributed by atoms with Crippen LogP contribution in [0.2, 0.25) is 5.02 Å². The van der Waals surface area contributed by atoms with Crippen molar-refractivity contribution >= 4 is 11.6 Å². The molecule has 0 atom stereocenters. The van der Waals surface area contributed by atoms with E-state index in [0.717, 1.165) is 5.75 Å². The van der Waals surface area contributed by atoms with Crippen LogP contribution in [0.1, 0.15) is 11.1 Å². The Labute approximate surface area is 123 Å². The third-order valence-electron chi connectivity index (χ3n) is 2.69. The molecule has 0 aromatic heterocycles. The lowest BCUT2D eigenvalue weighted by Crippen LogP contribution is -2.09. The molecule has 0 aliphatic carbocycles. The summed E-state index contributed by atoms with van der Waals surface area (Å²) in [6.45, 7) is 2.80. The second kappa shape index (κ2) is 6.83. The Morgan fingerprint density at radius 3 is 2.45 bits per heavy atom. The first kappa shape index (κ1) is 14.2. The van der Waals surface area contributed by atoms with Crippen LogP contribution >= 0.6 is 11.6 Å². The quantitative estimate of drug-likeness (QED) is 0.781. The standard InChI is InChI=1S/C16H14ClNO2/c1-12-2-5-15(6-3-12)19-8-9-20-16-7-4-14(17)10-13(16)11-18/h2-7,10H,8-9H2,1H3. The van der Waals surface area contributed by atoms with Crippen molar-refractivity contribution in [3.8, 4) is 17.6 Å². The zero-order chi connectivity index (χ0) is 14.4. The molecule has 0 aliphatic heterocycles. The fourth-order valence-electron chi connectivity index (χ4n) is 1.66. The molecular formula is C16H14ClNO2. The largest absolute Gasteiger partial charge is 0.490 e. The van der Waals surface area contributed by atoms with E-state index in [4.69, 9.17) is 26.3 Å². The van der Waals surface area contributed by atoms with E-state index in [1.54, 1.807) is 18.2 Å². The third kappa shape index (κ3) is 3.91. The summed E-state index contributed by atoms with van der Waals surface area (Å²) in [7, 11) is 0. The van der Waals surface area contributed by atoms with E-state index in [1.165, 1.54) is 5.56 Å². The second-order valence-corrected chi connectivity index (χ2v) is 4.70. The lowest BCUT2D eigenvalue weighted by molar-refractivity contribution is 0.217. The third-order valence-corrected chi connectivity index (χ3v) is 2.93. The molecule has 102 valence electrons. The van der Waals surface area contributed by atoms with Crippen molar-refractivity contribution in [3.05, 3.63) is 58.6 Å². The van der Waals surface area contributed by atoms with Crippen molar-refractivity contribution in [1.82, 2.24) is 0 Å². The van der Waals surface area contributed by atoms with Gasteiger partial charge in [0.25, 0.3) is 0 Å². The summed E-state index contributed by atoms with van der Waals surface area (Å²) < 4.78 is 11.1. The molecule has 0 N–H and O–H groups in total. The van der Waals surface area contributed by atoms with Crippen LogP contribution < -0.4 is 9.47 Å². The highest BCUT2D eigenvalue weighted by atomic mass is 35.5. The van der Waals surface area contributed by atoms with E-state index in [9.17, 15) is 0 Å². The SMILES string of the molecule is Cc1ccc(OCCOc2ccc(Cl)cc2C#N)cc1. The summed E-state index contributed by atoms with van der Waals surface area (Å²) in [5.74, 6) is 1.32. The van der Waals surface area contributed by atoms with Gasteiger partial charge in [0.2, 0.25) is 0 Å². The molecular weight excluding hydrogens is 274 g/mol.